The normalized spacial score (nSPS) is 19.3. The molecule has 1 aliphatic rings. The summed E-state index contributed by atoms with van der Waals surface area (Å²) in [6.07, 6.45) is 5.58. The van der Waals surface area contributed by atoms with Crippen molar-refractivity contribution in [1.82, 2.24) is 5.32 Å². The number of benzene rings is 1. The quantitative estimate of drug-likeness (QED) is 0.791. The molecule has 0 bridgehead atoms. The molecule has 0 heterocycles. The van der Waals surface area contributed by atoms with Gasteiger partial charge in [-0.25, -0.2) is 0 Å². The molecular formula is C14H21N. The van der Waals surface area contributed by atoms with Gasteiger partial charge in [-0.15, -0.1) is 0 Å². The Morgan fingerprint density at radius 1 is 1.20 bits per heavy atom. The van der Waals surface area contributed by atoms with E-state index in [0.29, 0.717) is 5.92 Å². The highest BCUT2D eigenvalue weighted by molar-refractivity contribution is 5.18. The monoisotopic (exact) mass is 203 g/mol. The summed E-state index contributed by atoms with van der Waals surface area (Å²) in [5, 5.41) is 3.68. The molecule has 1 aliphatic carbocycles. The molecule has 0 aromatic heterocycles. The molecule has 1 N–H and O–H groups in total. The van der Waals surface area contributed by atoms with Crippen molar-refractivity contribution in [2.75, 3.05) is 6.54 Å². The standard InChI is InChI=1S/C14H21N/c1-12(13-7-3-2-4-8-13)11-15-14-9-5-6-10-14/h2-4,7-8,12,14-15H,5-6,9-11H2,1H3/t12-/m1/s1. The highest BCUT2D eigenvalue weighted by Crippen LogP contribution is 2.19. The number of hydrogen-bond donors (Lipinski definition) is 1. The summed E-state index contributed by atoms with van der Waals surface area (Å²) in [5.41, 5.74) is 1.45. The summed E-state index contributed by atoms with van der Waals surface area (Å²) < 4.78 is 0. The molecule has 1 nitrogen and oxygen atoms in total. The predicted molar refractivity (Wildman–Crippen MR) is 65.1 cm³/mol. The third-order valence-electron chi connectivity index (χ3n) is 3.44. The third-order valence-corrected chi connectivity index (χ3v) is 3.44. The minimum atomic E-state index is 0.631. The fourth-order valence-electron chi connectivity index (χ4n) is 2.37. The van der Waals surface area contributed by atoms with E-state index in [2.05, 4.69) is 42.6 Å². The van der Waals surface area contributed by atoms with Crippen molar-refractivity contribution < 1.29 is 0 Å². The molecule has 82 valence electrons. The van der Waals surface area contributed by atoms with Gasteiger partial charge in [0, 0.05) is 12.6 Å². The molecule has 0 radical (unpaired) electrons. The summed E-state index contributed by atoms with van der Waals surface area (Å²) in [7, 11) is 0. The molecule has 15 heavy (non-hydrogen) atoms. The Bertz CT molecular complexity index is 275. The number of rotatable bonds is 4. The molecule has 0 saturated heterocycles. The molecule has 2 rings (SSSR count). The summed E-state index contributed by atoms with van der Waals surface area (Å²) >= 11 is 0. The van der Waals surface area contributed by atoms with E-state index in [1.165, 1.54) is 31.2 Å². The van der Waals surface area contributed by atoms with Gasteiger partial charge in [0.25, 0.3) is 0 Å². The van der Waals surface area contributed by atoms with E-state index in [1.54, 1.807) is 0 Å². The molecule has 1 fully saturated rings. The highest BCUT2D eigenvalue weighted by atomic mass is 14.9. The van der Waals surface area contributed by atoms with Crippen LogP contribution in [-0.4, -0.2) is 12.6 Å². The Morgan fingerprint density at radius 3 is 2.53 bits per heavy atom. The van der Waals surface area contributed by atoms with E-state index in [0.717, 1.165) is 12.6 Å². The third kappa shape index (κ3) is 3.07. The van der Waals surface area contributed by atoms with Crippen LogP contribution in [0.3, 0.4) is 0 Å². The molecule has 1 aromatic carbocycles. The van der Waals surface area contributed by atoms with Crippen LogP contribution in [0.25, 0.3) is 0 Å². The van der Waals surface area contributed by atoms with E-state index in [1.807, 2.05) is 0 Å². The van der Waals surface area contributed by atoms with E-state index in [4.69, 9.17) is 0 Å². The van der Waals surface area contributed by atoms with Crippen molar-refractivity contribution in [2.24, 2.45) is 0 Å². The first-order valence-corrected chi connectivity index (χ1v) is 6.14. The van der Waals surface area contributed by atoms with Gasteiger partial charge in [-0.3, -0.25) is 0 Å². The fraction of sp³-hybridized carbons (Fsp3) is 0.571. The molecule has 0 unspecified atom stereocenters. The summed E-state index contributed by atoms with van der Waals surface area (Å²) in [5.74, 6) is 0.631. The van der Waals surface area contributed by atoms with Gasteiger partial charge in [-0.1, -0.05) is 50.1 Å². The second-order valence-corrected chi connectivity index (χ2v) is 4.70. The molecule has 0 aliphatic heterocycles. The molecule has 1 aromatic rings. The van der Waals surface area contributed by atoms with Crippen molar-refractivity contribution in [2.45, 2.75) is 44.6 Å². The van der Waals surface area contributed by atoms with Crippen molar-refractivity contribution in [3.05, 3.63) is 35.9 Å². The van der Waals surface area contributed by atoms with E-state index in [-0.39, 0.29) is 0 Å². The summed E-state index contributed by atoms with van der Waals surface area (Å²) in [6, 6.07) is 11.6. The van der Waals surface area contributed by atoms with E-state index < -0.39 is 0 Å². The zero-order valence-electron chi connectivity index (χ0n) is 9.58. The average Bonchev–Trinajstić information content (AvgIpc) is 2.80. The second kappa shape index (κ2) is 5.32. The molecule has 1 heteroatoms. The van der Waals surface area contributed by atoms with Crippen LogP contribution in [0, 0.1) is 0 Å². The lowest BCUT2D eigenvalue weighted by Gasteiger charge is -2.17. The Hall–Kier alpha value is -0.820. The SMILES string of the molecule is C[C@H](CNC1CCCC1)c1ccccc1. The van der Waals surface area contributed by atoms with Crippen LogP contribution in [0.5, 0.6) is 0 Å². The highest BCUT2D eigenvalue weighted by Gasteiger charge is 2.15. The smallest absolute Gasteiger partial charge is 0.00673 e. The lowest BCUT2D eigenvalue weighted by atomic mass is 10.0. The molecule has 1 atom stereocenters. The lowest BCUT2D eigenvalue weighted by molar-refractivity contribution is 0.500. The minimum Gasteiger partial charge on any atom is -0.313 e. The van der Waals surface area contributed by atoms with Crippen LogP contribution >= 0.6 is 0 Å². The Labute approximate surface area is 92.9 Å². The van der Waals surface area contributed by atoms with E-state index in [9.17, 15) is 0 Å². The van der Waals surface area contributed by atoms with Gasteiger partial charge in [-0.05, 0) is 24.3 Å². The van der Waals surface area contributed by atoms with Gasteiger partial charge in [0.1, 0.15) is 0 Å². The summed E-state index contributed by atoms with van der Waals surface area (Å²) in [6.45, 7) is 3.42. The van der Waals surface area contributed by atoms with Crippen LogP contribution in [0.1, 0.15) is 44.1 Å². The molecule has 0 amide bonds. The Morgan fingerprint density at radius 2 is 1.87 bits per heavy atom. The first-order valence-electron chi connectivity index (χ1n) is 6.14. The summed E-state index contributed by atoms with van der Waals surface area (Å²) in [4.78, 5) is 0. The maximum Gasteiger partial charge on any atom is 0.00673 e. The van der Waals surface area contributed by atoms with Gasteiger partial charge in [0.2, 0.25) is 0 Å². The zero-order valence-corrected chi connectivity index (χ0v) is 9.58. The van der Waals surface area contributed by atoms with E-state index >= 15 is 0 Å². The average molecular weight is 203 g/mol. The van der Waals surface area contributed by atoms with Crippen molar-refractivity contribution >= 4 is 0 Å². The Kier molecular flexibility index (Phi) is 3.79. The second-order valence-electron chi connectivity index (χ2n) is 4.70. The first-order chi connectivity index (χ1) is 7.36. The van der Waals surface area contributed by atoms with Crippen LogP contribution in [-0.2, 0) is 0 Å². The largest absolute Gasteiger partial charge is 0.313 e. The maximum atomic E-state index is 3.68. The molecular weight excluding hydrogens is 182 g/mol. The number of nitrogens with one attached hydrogen (secondary N) is 1. The van der Waals surface area contributed by atoms with Crippen LogP contribution < -0.4 is 5.32 Å². The van der Waals surface area contributed by atoms with Crippen molar-refractivity contribution in [1.29, 1.82) is 0 Å². The van der Waals surface area contributed by atoms with Gasteiger partial charge in [0.15, 0.2) is 0 Å². The topological polar surface area (TPSA) is 12.0 Å². The fourth-order valence-corrected chi connectivity index (χ4v) is 2.37. The van der Waals surface area contributed by atoms with Crippen molar-refractivity contribution in [3.8, 4) is 0 Å². The van der Waals surface area contributed by atoms with Gasteiger partial charge < -0.3 is 5.32 Å². The van der Waals surface area contributed by atoms with Crippen LogP contribution in [0.15, 0.2) is 30.3 Å². The number of hydrogen-bond acceptors (Lipinski definition) is 1. The maximum absolute atomic E-state index is 3.68. The lowest BCUT2D eigenvalue weighted by Crippen LogP contribution is -2.29. The first kappa shape index (κ1) is 10.7. The van der Waals surface area contributed by atoms with Gasteiger partial charge in [0.05, 0.1) is 0 Å². The molecule has 1 saturated carbocycles. The van der Waals surface area contributed by atoms with Crippen LogP contribution in [0.2, 0.25) is 0 Å². The van der Waals surface area contributed by atoms with Crippen molar-refractivity contribution in [3.63, 3.8) is 0 Å². The molecule has 0 spiro atoms. The predicted octanol–water partition coefficient (Wildman–Crippen LogP) is 3.32. The van der Waals surface area contributed by atoms with Gasteiger partial charge >= 0.3 is 0 Å². The minimum absolute atomic E-state index is 0.631. The van der Waals surface area contributed by atoms with Crippen LogP contribution in [0.4, 0.5) is 0 Å². The van der Waals surface area contributed by atoms with Gasteiger partial charge in [-0.2, -0.15) is 0 Å². The Balaban J connectivity index is 1.79. The zero-order chi connectivity index (χ0) is 10.5.